The number of aromatic nitrogens is 1. The second-order valence-corrected chi connectivity index (χ2v) is 5.82. The van der Waals surface area contributed by atoms with Gasteiger partial charge in [-0.05, 0) is 44.0 Å². The zero-order valence-corrected chi connectivity index (χ0v) is 15.4. The molecule has 5 heteroatoms. The number of hydrogen-bond donors (Lipinski definition) is 2. The summed E-state index contributed by atoms with van der Waals surface area (Å²) in [6.45, 7) is 6.51. The highest BCUT2D eigenvalue weighted by Crippen LogP contribution is 2.19. The smallest absolute Gasteiger partial charge is 0.191 e. The number of ether oxygens (including phenoxy) is 1. The van der Waals surface area contributed by atoms with Gasteiger partial charge in [-0.3, -0.25) is 9.98 Å². The molecule has 1 aromatic heterocycles. The van der Waals surface area contributed by atoms with E-state index < -0.39 is 0 Å². The van der Waals surface area contributed by atoms with Crippen molar-refractivity contribution in [3.8, 4) is 5.75 Å². The molecule has 25 heavy (non-hydrogen) atoms. The minimum atomic E-state index is 0.708. The van der Waals surface area contributed by atoms with Crippen molar-refractivity contribution in [2.75, 3.05) is 26.7 Å². The van der Waals surface area contributed by atoms with E-state index in [9.17, 15) is 0 Å². The van der Waals surface area contributed by atoms with Gasteiger partial charge in [0, 0.05) is 37.9 Å². The van der Waals surface area contributed by atoms with Gasteiger partial charge in [0.25, 0.3) is 0 Å². The van der Waals surface area contributed by atoms with Gasteiger partial charge in [0.05, 0.1) is 7.11 Å². The molecule has 0 atom stereocenters. The quantitative estimate of drug-likeness (QED) is 0.573. The van der Waals surface area contributed by atoms with Crippen molar-refractivity contribution < 1.29 is 4.74 Å². The SMILES string of the molecule is CCNC(=NCCc1ccccn1)NCCc1cc(C)ccc1OC. The summed E-state index contributed by atoms with van der Waals surface area (Å²) in [5, 5.41) is 6.67. The van der Waals surface area contributed by atoms with Crippen LogP contribution < -0.4 is 15.4 Å². The lowest BCUT2D eigenvalue weighted by Gasteiger charge is -2.13. The second-order valence-electron chi connectivity index (χ2n) is 5.82. The third kappa shape index (κ3) is 6.45. The third-order valence-corrected chi connectivity index (χ3v) is 3.83. The van der Waals surface area contributed by atoms with Crippen molar-refractivity contribution in [2.45, 2.75) is 26.7 Å². The summed E-state index contributed by atoms with van der Waals surface area (Å²) in [5.74, 6) is 1.77. The van der Waals surface area contributed by atoms with Gasteiger partial charge in [-0.15, -0.1) is 0 Å². The molecular weight excluding hydrogens is 312 g/mol. The summed E-state index contributed by atoms with van der Waals surface area (Å²) in [6, 6.07) is 12.2. The Morgan fingerprint density at radius 3 is 2.76 bits per heavy atom. The van der Waals surface area contributed by atoms with Crippen LogP contribution in [0.1, 0.15) is 23.7 Å². The summed E-state index contributed by atoms with van der Waals surface area (Å²) >= 11 is 0. The highest BCUT2D eigenvalue weighted by atomic mass is 16.5. The van der Waals surface area contributed by atoms with Crippen LogP contribution in [0.3, 0.4) is 0 Å². The fourth-order valence-electron chi connectivity index (χ4n) is 2.59. The Morgan fingerprint density at radius 2 is 2.04 bits per heavy atom. The number of hydrogen-bond acceptors (Lipinski definition) is 3. The molecule has 2 aromatic rings. The largest absolute Gasteiger partial charge is 0.496 e. The Bertz CT molecular complexity index is 671. The van der Waals surface area contributed by atoms with Crippen LogP contribution in [0.15, 0.2) is 47.6 Å². The molecule has 1 aromatic carbocycles. The molecule has 2 rings (SSSR count). The molecule has 0 bridgehead atoms. The number of nitrogens with one attached hydrogen (secondary N) is 2. The maximum Gasteiger partial charge on any atom is 0.191 e. The molecule has 0 aliphatic heterocycles. The molecule has 0 spiro atoms. The first-order valence-electron chi connectivity index (χ1n) is 8.78. The van der Waals surface area contributed by atoms with Crippen LogP contribution in [-0.4, -0.2) is 37.7 Å². The van der Waals surface area contributed by atoms with E-state index in [2.05, 4.69) is 46.6 Å². The lowest BCUT2D eigenvalue weighted by Crippen LogP contribution is -2.38. The second kappa shape index (κ2) is 10.3. The lowest BCUT2D eigenvalue weighted by atomic mass is 10.1. The molecule has 134 valence electrons. The number of benzene rings is 1. The van der Waals surface area contributed by atoms with Crippen LogP contribution >= 0.6 is 0 Å². The molecule has 0 aliphatic carbocycles. The molecule has 2 N–H and O–H groups in total. The summed E-state index contributed by atoms with van der Waals surface area (Å²) in [5.41, 5.74) is 3.51. The highest BCUT2D eigenvalue weighted by molar-refractivity contribution is 5.79. The van der Waals surface area contributed by atoms with E-state index in [1.165, 1.54) is 11.1 Å². The van der Waals surface area contributed by atoms with Gasteiger partial charge in [-0.1, -0.05) is 23.8 Å². The molecule has 0 saturated heterocycles. The zero-order valence-electron chi connectivity index (χ0n) is 15.4. The van der Waals surface area contributed by atoms with Gasteiger partial charge in [-0.25, -0.2) is 0 Å². The Morgan fingerprint density at radius 1 is 1.16 bits per heavy atom. The summed E-state index contributed by atoms with van der Waals surface area (Å²) < 4.78 is 5.44. The van der Waals surface area contributed by atoms with Crippen LogP contribution in [0, 0.1) is 6.92 Å². The number of rotatable bonds is 8. The first kappa shape index (κ1) is 18.8. The van der Waals surface area contributed by atoms with Gasteiger partial charge in [-0.2, -0.15) is 0 Å². The number of nitrogens with zero attached hydrogens (tertiary/aromatic N) is 2. The summed E-state index contributed by atoms with van der Waals surface area (Å²) in [4.78, 5) is 8.95. The van der Waals surface area contributed by atoms with Crippen LogP contribution in [0.5, 0.6) is 5.75 Å². The van der Waals surface area contributed by atoms with Crippen molar-refractivity contribution >= 4 is 5.96 Å². The minimum absolute atomic E-state index is 0.708. The number of aliphatic imine (C=N–C) groups is 1. The van der Waals surface area contributed by atoms with Crippen molar-refractivity contribution in [2.24, 2.45) is 4.99 Å². The molecule has 0 amide bonds. The zero-order chi connectivity index (χ0) is 17.9. The van der Waals surface area contributed by atoms with E-state index >= 15 is 0 Å². The van der Waals surface area contributed by atoms with E-state index in [0.717, 1.165) is 43.3 Å². The molecule has 0 unspecified atom stereocenters. The van der Waals surface area contributed by atoms with E-state index in [-0.39, 0.29) is 0 Å². The highest BCUT2D eigenvalue weighted by Gasteiger charge is 2.04. The van der Waals surface area contributed by atoms with E-state index in [1.807, 2.05) is 30.5 Å². The van der Waals surface area contributed by atoms with Gasteiger partial charge in [0.15, 0.2) is 5.96 Å². The Hall–Kier alpha value is -2.56. The maximum atomic E-state index is 5.44. The number of guanidine groups is 1. The first-order valence-corrected chi connectivity index (χ1v) is 8.78. The number of methoxy groups -OCH3 is 1. The number of aryl methyl sites for hydroxylation is 1. The van der Waals surface area contributed by atoms with Crippen LogP contribution in [0.25, 0.3) is 0 Å². The molecule has 1 heterocycles. The van der Waals surface area contributed by atoms with Crippen molar-refractivity contribution in [1.29, 1.82) is 0 Å². The average molecular weight is 340 g/mol. The van der Waals surface area contributed by atoms with Gasteiger partial charge < -0.3 is 15.4 Å². The number of pyridine rings is 1. The van der Waals surface area contributed by atoms with E-state index in [4.69, 9.17) is 4.74 Å². The van der Waals surface area contributed by atoms with Crippen molar-refractivity contribution in [3.05, 3.63) is 59.4 Å². The van der Waals surface area contributed by atoms with Gasteiger partial charge in [0.2, 0.25) is 0 Å². The summed E-state index contributed by atoms with van der Waals surface area (Å²) in [6.07, 6.45) is 3.54. The van der Waals surface area contributed by atoms with Crippen LogP contribution in [0.2, 0.25) is 0 Å². The van der Waals surface area contributed by atoms with Gasteiger partial charge in [0.1, 0.15) is 5.75 Å². The summed E-state index contributed by atoms with van der Waals surface area (Å²) in [7, 11) is 1.71. The standard InChI is InChI=1S/C20H28N4O/c1-4-21-20(24-14-11-18-7-5-6-12-22-18)23-13-10-17-15-16(2)8-9-19(17)25-3/h5-9,12,15H,4,10-11,13-14H2,1-3H3,(H2,21,23,24). The molecule has 0 radical (unpaired) electrons. The predicted molar refractivity (Wildman–Crippen MR) is 103 cm³/mol. The maximum absolute atomic E-state index is 5.44. The topological polar surface area (TPSA) is 58.5 Å². The third-order valence-electron chi connectivity index (χ3n) is 3.83. The lowest BCUT2D eigenvalue weighted by molar-refractivity contribution is 0.409. The minimum Gasteiger partial charge on any atom is -0.496 e. The molecule has 0 aliphatic rings. The van der Waals surface area contributed by atoms with Crippen LogP contribution in [-0.2, 0) is 12.8 Å². The molecular formula is C20H28N4O. The average Bonchev–Trinajstić information content (AvgIpc) is 2.63. The Labute approximate surface area is 150 Å². The van der Waals surface area contributed by atoms with Crippen molar-refractivity contribution in [1.82, 2.24) is 15.6 Å². The Balaban J connectivity index is 1.86. The molecule has 0 saturated carbocycles. The first-order chi connectivity index (χ1) is 12.2. The van der Waals surface area contributed by atoms with Gasteiger partial charge >= 0.3 is 0 Å². The normalized spacial score (nSPS) is 11.2. The van der Waals surface area contributed by atoms with E-state index in [0.29, 0.717) is 6.54 Å². The van der Waals surface area contributed by atoms with Crippen molar-refractivity contribution in [3.63, 3.8) is 0 Å². The monoisotopic (exact) mass is 340 g/mol. The Kier molecular flexibility index (Phi) is 7.76. The van der Waals surface area contributed by atoms with E-state index in [1.54, 1.807) is 7.11 Å². The predicted octanol–water partition coefficient (Wildman–Crippen LogP) is 2.74. The fourth-order valence-corrected chi connectivity index (χ4v) is 2.59. The molecule has 5 nitrogen and oxygen atoms in total. The molecule has 0 fully saturated rings. The van der Waals surface area contributed by atoms with Crippen LogP contribution in [0.4, 0.5) is 0 Å². The fraction of sp³-hybridized carbons (Fsp3) is 0.400.